The molecule has 6 heteroatoms. The Morgan fingerprint density at radius 2 is 1.95 bits per heavy atom. The number of carbonyl (C=O) groups is 3. The fourth-order valence-electron chi connectivity index (χ4n) is 2.22. The van der Waals surface area contributed by atoms with Crippen LogP contribution >= 0.6 is 15.9 Å². The van der Waals surface area contributed by atoms with Crippen LogP contribution in [0.25, 0.3) is 0 Å². The Balaban J connectivity index is 1.98. The van der Waals surface area contributed by atoms with E-state index in [4.69, 9.17) is 5.11 Å². The standard InChI is InChI=1S/C14H14BrNO4/c15-9-5-6-11-10(8-9)13(19)14(20)16(11)7-3-1-2-4-12(17)18/h5-6,8H,1-4,7H2,(H,17,18). The molecular weight excluding hydrogens is 326 g/mol. The molecule has 2 rings (SSSR count). The van der Waals surface area contributed by atoms with Crippen LogP contribution < -0.4 is 4.90 Å². The molecule has 1 heterocycles. The summed E-state index contributed by atoms with van der Waals surface area (Å²) in [6.45, 7) is 0.443. The lowest BCUT2D eigenvalue weighted by atomic mass is 10.1. The molecular formula is C14H14BrNO4. The highest BCUT2D eigenvalue weighted by molar-refractivity contribution is 9.10. The van der Waals surface area contributed by atoms with Gasteiger partial charge < -0.3 is 10.0 Å². The number of halogens is 1. The first kappa shape index (κ1) is 14.7. The van der Waals surface area contributed by atoms with Crippen molar-refractivity contribution in [2.24, 2.45) is 0 Å². The van der Waals surface area contributed by atoms with Gasteiger partial charge in [-0.15, -0.1) is 0 Å². The molecule has 0 unspecified atom stereocenters. The third kappa shape index (κ3) is 3.07. The van der Waals surface area contributed by atoms with E-state index in [1.807, 2.05) is 0 Å². The number of aliphatic carboxylic acids is 1. The fraction of sp³-hybridized carbons (Fsp3) is 0.357. The lowest BCUT2D eigenvalue weighted by Crippen LogP contribution is -2.30. The lowest BCUT2D eigenvalue weighted by molar-refractivity contribution is -0.137. The van der Waals surface area contributed by atoms with E-state index in [-0.39, 0.29) is 6.42 Å². The van der Waals surface area contributed by atoms with Crippen LogP contribution in [0.15, 0.2) is 22.7 Å². The van der Waals surface area contributed by atoms with Crippen LogP contribution in [0, 0.1) is 0 Å². The SMILES string of the molecule is O=C(O)CCCCCN1C(=O)C(=O)c2cc(Br)ccc21. The number of hydrogen-bond acceptors (Lipinski definition) is 3. The summed E-state index contributed by atoms with van der Waals surface area (Å²) in [7, 11) is 0. The van der Waals surface area contributed by atoms with Gasteiger partial charge in [0.1, 0.15) is 0 Å². The molecule has 0 bridgehead atoms. The van der Waals surface area contributed by atoms with E-state index in [0.29, 0.717) is 30.6 Å². The molecule has 5 nitrogen and oxygen atoms in total. The largest absolute Gasteiger partial charge is 0.481 e. The van der Waals surface area contributed by atoms with E-state index >= 15 is 0 Å². The lowest BCUT2D eigenvalue weighted by Gasteiger charge is -2.16. The second-order valence-corrected chi connectivity index (χ2v) is 5.57. The van der Waals surface area contributed by atoms with Gasteiger partial charge in [-0.1, -0.05) is 22.4 Å². The number of anilines is 1. The minimum absolute atomic E-state index is 0.135. The Kier molecular flexibility index (Phi) is 4.54. The van der Waals surface area contributed by atoms with Crippen molar-refractivity contribution in [1.29, 1.82) is 0 Å². The normalized spacial score (nSPS) is 13.8. The van der Waals surface area contributed by atoms with Crippen molar-refractivity contribution in [2.45, 2.75) is 25.7 Å². The molecule has 1 N–H and O–H groups in total. The number of unbranched alkanes of at least 4 members (excludes halogenated alkanes) is 2. The van der Waals surface area contributed by atoms with Crippen LogP contribution in [0.4, 0.5) is 5.69 Å². The first-order valence-electron chi connectivity index (χ1n) is 6.38. The number of ketones is 1. The fourth-order valence-corrected chi connectivity index (χ4v) is 2.58. The number of benzene rings is 1. The van der Waals surface area contributed by atoms with Crippen LogP contribution in [0.3, 0.4) is 0 Å². The number of carboxylic acid groups (broad SMARTS) is 1. The maximum atomic E-state index is 11.9. The van der Waals surface area contributed by atoms with Crippen molar-refractivity contribution in [3.05, 3.63) is 28.2 Å². The number of carbonyl (C=O) groups excluding carboxylic acids is 2. The number of rotatable bonds is 6. The molecule has 0 saturated carbocycles. The first-order chi connectivity index (χ1) is 9.50. The van der Waals surface area contributed by atoms with E-state index in [1.54, 1.807) is 18.2 Å². The topological polar surface area (TPSA) is 74.7 Å². The first-order valence-corrected chi connectivity index (χ1v) is 7.17. The van der Waals surface area contributed by atoms with Gasteiger partial charge in [-0.25, -0.2) is 0 Å². The van der Waals surface area contributed by atoms with E-state index in [2.05, 4.69) is 15.9 Å². The Labute approximate surface area is 124 Å². The van der Waals surface area contributed by atoms with Crippen molar-refractivity contribution in [3.8, 4) is 0 Å². The summed E-state index contributed by atoms with van der Waals surface area (Å²) in [5, 5.41) is 8.54. The minimum Gasteiger partial charge on any atom is -0.481 e. The van der Waals surface area contributed by atoms with Gasteiger partial charge in [-0.2, -0.15) is 0 Å². The molecule has 0 atom stereocenters. The van der Waals surface area contributed by atoms with E-state index < -0.39 is 17.7 Å². The maximum absolute atomic E-state index is 11.9. The summed E-state index contributed by atoms with van der Waals surface area (Å²) in [4.78, 5) is 35.6. The molecule has 1 aliphatic rings. The maximum Gasteiger partial charge on any atom is 0.303 e. The zero-order valence-corrected chi connectivity index (χ0v) is 12.4. The Bertz CT molecular complexity index is 570. The monoisotopic (exact) mass is 339 g/mol. The molecule has 20 heavy (non-hydrogen) atoms. The number of fused-ring (bicyclic) bond motifs is 1. The molecule has 1 amide bonds. The zero-order valence-electron chi connectivity index (χ0n) is 10.8. The third-order valence-electron chi connectivity index (χ3n) is 3.21. The summed E-state index contributed by atoms with van der Waals surface area (Å²) in [6, 6.07) is 5.20. The molecule has 0 fully saturated rings. The van der Waals surface area contributed by atoms with Crippen LogP contribution in [-0.2, 0) is 9.59 Å². The second-order valence-electron chi connectivity index (χ2n) is 4.65. The molecule has 0 spiro atoms. The Morgan fingerprint density at radius 3 is 2.65 bits per heavy atom. The molecule has 0 saturated heterocycles. The number of hydrogen-bond donors (Lipinski definition) is 1. The quantitative estimate of drug-likeness (QED) is 0.638. The van der Waals surface area contributed by atoms with E-state index in [1.165, 1.54) is 4.90 Å². The van der Waals surface area contributed by atoms with Gasteiger partial charge in [0.2, 0.25) is 0 Å². The summed E-state index contributed by atoms with van der Waals surface area (Å²) < 4.78 is 0.765. The molecule has 0 aromatic heterocycles. The van der Waals surface area contributed by atoms with Crippen LogP contribution in [0.5, 0.6) is 0 Å². The van der Waals surface area contributed by atoms with Gasteiger partial charge in [-0.05, 0) is 31.0 Å². The smallest absolute Gasteiger partial charge is 0.303 e. The van der Waals surface area contributed by atoms with Gasteiger partial charge in [-0.3, -0.25) is 14.4 Å². The molecule has 1 aromatic rings. The third-order valence-corrected chi connectivity index (χ3v) is 3.70. The van der Waals surface area contributed by atoms with Crippen LogP contribution in [0.2, 0.25) is 0 Å². The zero-order chi connectivity index (χ0) is 14.7. The molecule has 106 valence electrons. The molecule has 0 radical (unpaired) electrons. The highest BCUT2D eigenvalue weighted by atomic mass is 79.9. The van der Waals surface area contributed by atoms with Gasteiger partial charge in [0, 0.05) is 17.4 Å². The Morgan fingerprint density at radius 1 is 1.20 bits per heavy atom. The van der Waals surface area contributed by atoms with Crippen molar-refractivity contribution in [3.63, 3.8) is 0 Å². The molecule has 1 aromatic carbocycles. The number of Topliss-reactive ketones (excluding diaryl/α,β-unsaturated/α-hetero) is 1. The van der Waals surface area contributed by atoms with Gasteiger partial charge in [0.05, 0.1) is 11.3 Å². The average molecular weight is 340 g/mol. The van der Waals surface area contributed by atoms with E-state index in [9.17, 15) is 14.4 Å². The Hall–Kier alpha value is -1.69. The summed E-state index contributed by atoms with van der Waals surface area (Å²) in [5.74, 6) is -1.80. The average Bonchev–Trinajstić information content (AvgIpc) is 2.63. The summed E-state index contributed by atoms with van der Waals surface area (Å²) >= 11 is 3.28. The predicted octanol–water partition coefficient (Wildman–Crippen LogP) is 2.62. The highest BCUT2D eigenvalue weighted by Gasteiger charge is 2.35. The van der Waals surface area contributed by atoms with Crippen molar-refractivity contribution >= 4 is 39.3 Å². The number of carboxylic acids is 1. The van der Waals surface area contributed by atoms with Crippen LogP contribution in [-0.4, -0.2) is 29.3 Å². The van der Waals surface area contributed by atoms with Crippen molar-refractivity contribution < 1.29 is 19.5 Å². The predicted molar refractivity (Wildman–Crippen MR) is 76.9 cm³/mol. The molecule has 1 aliphatic heterocycles. The van der Waals surface area contributed by atoms with Crippen molar-refractivity contribution in [2.75, 3.05) is 11.4 Å². The van der Waals surface area contributed by atoms with Gasteiger partial charge in [0.15, 0.2) is 0 Å². The summed E-state index contributed by atoms with van der Waals surface area (Å²) in [6.07, 6.45) is 2.12. The highest BCUT2D eigenvalue weighted by Crippen LogP contribution is 2.31. The van der Waals surface area contributed by atoms with Gasteiger partial charge in [0.25, 0.3) is 11.7 Å². The minimum atomic E-state index is -0.812. The molecule has 0 aliphatic carbocycles. The number of nitrogens with zero attached hydrogens (tertiary/aromatic N) is 1. The van der Waals surface area contributed by atoms with E-state index in [0.717, 1.165) is 10.9 Å². The van der Waals surface area contributed by atoms with Crippen molar-refractivity contribution in [1.82, 2.24) is 0 Å². The van der Waals surface area contributed by atoms with Crippen LogP contribution in [0.1, 0.15) is 36.0 Å². The number of amides is 1. The second kappa shape index (κ2) is 6.17. The van der Waals surface area contributed by atoms with Gasteiger partial charge >= 0.3 is 5.97 Å². The summed E-state index contributed by atoms with van der Waals surface area (Å²) in [5.41, 5.74) is 1.07.